The maximum absolute atomic E-state index is 5.48. The maximum atomic E-state index is 5.48. The molecule has 0 saturated carbocycles. The van der Waals surface area contributed by atoms with Crippen molar-refractivity contribution in [2.45, 2.75) is 26.1 Å². The largest absolute Gasteiger partial charge is 0.463 e. The molecule has 1 atom stereocenters. The van der Waals surface area contributed by atoms with Crippen LogP contribution in [0, 0.1) is 0 Å². The fraction of sp³-hybridized carbons (Fsp3) is 0.385. The van der Waals surface area contributed by atoms with Gasteiger partial charge in [0.2, 0.25) is 6.29 Å². The fourth-order valence-electron chi connectivity index (χ4n) is 1.48. The molecule has 0 radical (unpaired) electrons. The Morgan fingerprint density at radius 2 is 2.06 bits per heavy atom. The highest BCUT2D eigenvalue weighted by Gasteiger charge is 2.20. The Labute approximate surface area is 95.6 Å². The Morgan fingerprint density at radius 1 is 1.25 bits per heavy atom. The summed E-state index contributed by atoms with van der Waals surface area (Å²) in [6.07, 6.45) is 2.98. The Morgan fingerprint density at radius 3 is 2.81 bits per heavy atom. The van der Waals surface area contributed by atoms with Crippen LogP contribution in [0.5, 0.6) is 0 Å². The third kappa shape index (κ3) is 2.92. The third-order valence-corrected chi connectivity index (χ3v) is 2.26. The fourth-order valence-corrected chi connectivity index (χ4v) is 1.48. The Balaban J connectivity index is 1.79. The second kappa shape index (κ2) is 5.45. The second-order valence-corrected chi connectivity index (χ2v) is 3.66. The van der Waals surface area contributed by atoms with E-state index in [4.69, 9.17) is 14.2 Å². The second-order valence-electron chi connectivity index (χ2n) is 3.66. The first-order valence-corrected chi connectivity index (χ1v) is 5.57. The molecule has 2 rings (SSSR count). The molecule has 1 aromatic rings. The van der Waals surface area contributed by atoms with Gasteiger partial charge in [-0.25, -0.2) is 0 Å². The smallest absolute Gasteiger partial charge is 0.318 e. The van der Waals surface area contributed by atoms with E-state index in [0.717, 1.165) is 12.8 Å². The van der Waals surface area contributed by atoms with E-state index in [0.29, 0.717) is 12.6 Å². The molecule has 0 spiro atoms. The molecule has 1 aliphatic rings. The SMILES string of the molecule is CCCOC1=COC(Cc2ccccc2)O1. The van der Waals surface area contributed by atoms with E-state index >= 15 is 0 Å². The van der Waals surface area contributed by atoms with Gasteiger partial charge in [-0.1, -0.05) is 37.3 Å². The van der Waals surface area contributed by atoms with Gasteiger partial charge in [-0.15, -0.1) is 0 Å². The average molecular weight is 220 g/mol. The topological polar surface area (TPSA) is 27.7 Å². The lowest BCUT2D eigenvalue weighted by Gasteiger charge is -2.11. The van der Waals surface area contributed by atoms with Crippen molar-refractivity contribution >= 4 is 0 Å². The Bertz CT molecular complexity index is 345. The van der Waals surface area contributed by atoms with Gasteiger partial charge < -0.3 is 14.2 Å². The molecule has 1 heterocycles. The average Bonchev–Trinajstić information content (AvgIpc) is 2.75. The first kappa shape index (κ1) is 10.9. The van der Waals surface area contributed by atoms with Gasteiger partial charge in [0.15, 0.2) is 6.26 Å². The zero-order chi connectivity index (χ0) is 11.2. The van der Waals surface area contributed by atoms with Crippen LogP contribution in [0.2, 0.25) is 0 Å². The normalized spacial score (nSPS) is 18.6. The van der Waals surface area contributed by atoms with Crippen LogP contribution < -0.4 is 0 Å². The molecule has 0 aromatic heterocycles. The van der Waals surface area contributed by atoms with Crippen LogP contribution in [-0.2, 0) is 20.6 Å². The van der Waals surface area contributed by atoms with E-state index in [-0.39, 0.29) is 6.29 Å². The van der Waals surface area contributed by atoms with Crippen molar-refractivity contribution in [2.75, 3.05) is 6.61 Å². The predicted octanol–water partition coefficient (Wildman–Crippen LogP) is 2.83. The first-order valence-electron chi connectivity index (χ1n) is 5.57. The molecule has 86 valence electrons. The monoisotopic (exact) mass is 220 g/mol. The zero-order valence-corrected chi connectivity index (χ0v) is 9.39. The maximum Gasteiger partial charge on any atom is 0.318 e. The molecule has 3 heteroatoms. The van der Waals surface area contributed by atoms with Crippen LogP contribution in [0.4, 0.5) is 0 Å². The summed E-state index contributed by atoms with van der Waals surface area (Å²) in [5.41, 5.74) is 1.19. The molecule has 1 unspecified atom stereocenters. The highest BCUT2D eigenvalue weighted by molar-refractivity contribution is 5.15. The summed E-state index contributed by atoms with van der Waals surface area (Å²) < 4.78 is 16.2. The van der Waals surface area contributed by atoms with Crippen molar-refractivity contribution in [2.24, 2.45) is 0 Å². The molecule has 0 N–H and O–H groups in total. The highest BCUT2D eigenvalue weighted by atomic mass is 16.8. The summed E-state index contributed by atoms with van der Waals surface area (Å²) in [7, 11) is 0. The molecule has 0 bridgehead atoms. The van der Waals surface area contributed by atoms with Gasteiger partial charge in [-0.2, -0.15) is 0 Å². The molecule has 0 aliphatic carbocycles. The summed E-state index contributed by atoms with van der Waals surface area (Å²) in [4.78, 5) is 0. The minimum Gasteiger partial charge on any atom is -0.463 e. The van der Waals surface area contributed by atoms with E-state index in [1.54, 1.807) is 6.26 Å². The van der Waals surface area contributed by atoms with Crippen molar-refractivity contribution < 1.29 is 14.2 Å². The lowest BCUT2D eigenvalue weighted by molar-refractivity contribution is -0.0696. The minimum absolute atomic E-state index is 0.255. The number of ether oxygens (including phenoxy) is 3. The summed E-state index contributed by atoms with van der Waals surface area (Å²) in [5, 5.41) is 0. The van der Waals surface area contributed by atoms with Crippen LogP contribution in [0.15, 0.2) is 42.5 Å². The van der Waals surface area contributed by atoms with Crippen molar-refractivity contribution in [3.63, 3.8) is 0 Å². The molecular weight excluding hydrogens is 204 g/mol. The summed E-state index contributed by atoms with van der Waals surface area (Å²) >= 11 is 0. The van der Waals surface area contributed by atoms with Crippen LogP contribution in [0.3, 0.4) is 0 Å². The first-order chi connectivity index (χ1) is 7.88. The lowest BCUT2D eigenvalue weighted by Crippen LogP contribution is -2.12. The highest BCUT2D eigenvalue weighted by Crippen LogP contribution is 2.18. The standard InChI is InChI=1S/C13H16O3/c1-2-8-14-13-10-15-12(16-13)9-11-6-4-3-5-7-11/h3-7,10,12H,2,8-9H2,1H3. The van der Waals surface area contributed by atoms with E-state index in [9.17, 15) is 0 Å². The lowest BCUT2D eigenvalue weighted by atomic mass is 10.1. The molecule has 0 saturated heterocycles. The van der Waals surface area contributed by atoms with Gasteiger partial charge in [0.05, 0.1) is 6.61 Å². The van der Waals surface area contributed by atoms with Crippen LogP contribution in [0.25, 0.3) is 0 Å². The number of hydrogen-bond acceptors (Lipinski definition) is 3. The van der Waals surface area contributed by atoms with Gasteiger partial charge in [0, 0.05) is 6.42 Å². The van der Waals surface area contributed by atoms with Gasteiger partial charge >= 0.3 is 5.95 Å². The molecule has 0 fully saturated rings. The zero-order valence-electron chi connectivity index (χ0n) is 9.39. The molecule has 1 aliphatic heterocycles. The Kier molecular flexibility index (Phi) is 3.70. The predicted molar refractivity (Wildman–Crippen MR) is 60.4 cm³/mol. The van der Waals surface area contributed by atoms with Gasteiger partial charge in [0.1, 0.15) is 0 Å². The van der Waals surface area contributed by atoms with E-state index in [2.05, 4.69) is 19.1 Å². The van der Waals surface area contributed by atoms with E-state index < -0.39 is 0 Å². The van der Waals surface area contributed by atoms with Crippen molar-refractivity contribution in [3.05, 3.63) is 48.1 Å². The van der Waals surface area contributed by atoms with Gasteiger partial charge in [-0.3, -0.25) is 0 Å². The molecule has 16 heavy (non-hydrogen) atoms. The van der Waals surface area contributed by atoms with Crippen LogP contribution >= 0.6 is 0 Å². The molecule has 1 aromatic carbocycles. The molecule has 0 amide bonds. The molecular formula is C13H16O3. The molecule has 3 nitrogen and oxygen atoms in total. The van der Waals surface area contributed by atoms with Gasteiger partial charge in [0.25, 0.3) is 0 Å². The quantitative estimate of drug-likeness (QED) is 0.763. The van der Waals surface area contributed by atoms with Crippen molar-refractivity contribution in [1.82, 2.24) is 0 Å². The summed E-state index contributed by atoms with van der Waals surface area (Å²) in [5.74, 6) is 0.489. The minimum atomic E-state index is -0.255. The van der Waals surface area contributed by atoms with E-state index in [1.165, 1.54) is 5.56 Å². The van der Waals surface area contributed by atoms with Crippen LogP contribution in [0.1, 0.15) is 18.9 Å². The number of benzene rings is 1. The number of rotatable bonds is 5. The summed E-state index contributed by atoms with van der Waals surface area (Å²) in [6, 6.07) is 10.1. The van der Waals surface area contributed by atoms with Crippen molar-refractivity contribution in [1.29, 1.82) is 0 Å². The van der Waals surface area contributed by atoms with Gasteiger partial charge in [-0.05, 0) is 12.0 Å². The number of hydrogen-bond donors (Lipinski definition) is 0. The third-order valence-electron chi connectivity index (χ3n) is 2.26. The Hall–Kier alpha value is -1.64. The van der Waals surface area contributed by atoms with E-state index in [1.807, 2.05) is 18.2 Å². The summed E-state index contributed by atoms with van der Waals surface area (Å²) in [6.45, 7) is 2.71. The van der Waals surface area contributed by atoms with Crippen molar-refractivity contribution in [3.8, 4) is 0 Å². The van der Waals surface area contributed by atoms with Crippen LogP contribution in [-0.4, -0.2) is 12.9 Å².